The van der Waals surface area contributed by atoms with Gasteiger partial charge in [0.05, 0.1) is 6.04 Å². The van der Waals surface area contributed by atoms with Gasteiger partial charge in [-0.1, -0.05) is 24.4 Å². The predicted octanol–water partition coefficient (Wildman–Crippen LogP) is 0.824. The monoisotopic (exact) mass is 285 g/mol. The second kappa shape index (κ2) is 6.28. The van der Waals surface area contributed by atoms with E-state index < -0.39 is 21.8 Å². The molecule has 6 nitrogen and oxygen atoms in total. The van der Waals surface area contributed by atoms with Crippen molar-refractivity contribution in [1.29, 1.82) is 0 Å². The van der Waals surface area contributed by atoms with E-state index in [9.17, 15) is 17.2 Å². The van der Waals surface area contributed by atoms with Gasteiger partial charge in [-0.25, -0.2) is 8.42 Å². The van der Waals surface area contributed by atoms with Gasteiger partial charge in [-0.3, -0.25) is 0 Å². The highest BCUT2D eigenvalue weighted by atomic mass is 32.2. The normalized spacial score (nSPS) is 21.2. The van der Waals surface area contributed by atoms with E-state index in [2.05, 4.69) is 5.16 Å². The smallest absolute Gasteiger partial charge is 0.350 e. The van der Waals surface area contributed by atoms with Gasteiger partial charge in [0.1, 0.15) is 0 Å². The molecule has 0 heterocycles. The van der Waals surface area contributed by atoms with E-state index in [0.717, 1.165) is 19.3 Å². The number of oxime groups is 1. The minimum atomic E-state index is -4.76. The SMILES string of the molecule is N/C(=N/O)C(NS(=O)(=O)C(F)F)C1CCCCC1. The van der Waals surface area contributed by atoms with E-state index in [4.69, 9.17) is 10.9 Å². The lowest BCUT2D eigenvalue weighted by Gasteiger charge is -2.29. The fraction of sp³-hybridized carbons (Fsp3) is 0.889. The van der Waals surface area contributed by atoms with Crippen molar-refractivity contribution in [1.82, 2.24) is 4.72 Å². The number of nitrogens with zero attached hydrogens (tertiary/aromatic N) is 1. The number of alkyl halides is 2. The molecule has 1 rings (SSSR count). The van der Waals surface area contributed by atoms with Crippen molar-refractivity contribution in [3.8, 4) is 0 Å². The molecule has 0 aromatic carbocycles. The zero-order chi connectivity index (χ0) is 13.8. The maximum Gasteiger partial charge on any atom is 0.350 e. The third-order valence-corrected chi connectivity index (χ3v) is 4.13. The summed E-state index contributed by atoms with van der Waals surface area (Å²) in [7, 11) is -4.76. The fourth-order valence-electron chi connectivity index (χ4n) is 2.16. The van der Waals surface area contributed by atoms with Gasteiger partial charge >= 0.3 is 5.76 Å². The van der Waals surface area contributed by atoms with Crippen molar-refractivity contribution in [2.75, 3.05) is 0 Å². The van der Waals surface area contributed by atoms with Gasteiger partial charge in [-0.2, -0.15) is 13.5 Å². The largest absolute Gasteiger partial charge is 0.409 e. The van der Waals surface area contributed by atoms with E-state index in [1.54, 1.807) is 0 Å². The number of nitrogens with two attached hydrogens (primary N) is 1. The average molecular weight is 285 g/mol. The van der Waals surface area contributed by atoms with Crippen LogP contribution in [-0.2, 0) is 10.0 Å². The molecule has 1 unspecified atom stereocenters. The van der Waals surface area contributed by atoms with Crippen molar-refractivity contribution in [2.45, 2.75) is 43.9 Å². The molecule has 1 fully saturated rings. The Kier molecular flexibility index (Phi) is 5.27. The maximum absolute atomic E-state index is 12.3. The molecule has 0 amide bonds. The van der Waals surface area contributed by atoms with Crippen molar-refractivity contribution in [2.24, 2.45) is 16.8 Å². The molecule has 1 atom stereocenters. The van der Waals surface area contributed by atoms with Crippen molar-refractivity contribution in [3.63, 3.8) is 0 Å². The van der Waals surface area contributed by atoms with Gasteiger partial charge in [0.15, 0.2) is 5.84 Å². The first-order valence-corrected chi connectivity index (χ1v) is 7.20. The van der Waals surface area contributed by atoms with Gasteiger partial charge in [0.25, 0.3) is 10.0 Å². The van der Waals surface area contributed by atoms with Crippen molar-refractivity contribution in [3.05, 3.63) is 0 Å². The van der Waals surface area contributed by atoms with Gasteiger partial charge in [-0.15, -0.1) is 0 Å². The van der Waals surface area contributed by atoms with Crippen LogP contribution in [0.3, 0.4) is 0 Å². The molecule has 0 bridgehead atoms. The molecule has 0 spiro atoms. The van der Waals surface area contributed by atoms with E-state index in [-0.39, 0.29) is 11.8 Å². The Morgan fingerprint density at radius 1 is 1.33 bits per heavy atom. The molecule has 106 valence electrons. The number of amidine groups is 1. The van der Waals surface area contributed by atoms with Crippen LogP contribution in [0.2, 0.25) is 0 Å². The molecule has 0 aromatic heterocycles. The molecule has 0 aliphatic heterocycles. The quantitative estimate of drug-likeness (QED) is 0.301. The van der Waals surface area contributed by atoms with Crippen LogP contribution < -0.4 is 10.5 Å². The summed E-state index contributed by atoms with van der Waals surface area (Å²) in [6, 6.07) is -1.07. The van der Waals surface area contributed by atoms with Gasteiger partial charge in [-0.05, 0) is 18.8 Å². The molecule has 18 heavy (non-hydrogen) atoms. The van der Waals surface area contributed by atoms with E-state index in [1.165, 1.54) is 0 Å². The minimum Gasteiger partial charge on any atom is -0.409 e. The van der Waals surface area contributed by atoms with Crippen LogP contribution in [-0.4, -0.2) is 31.3 Å². The van der Waals surface area contributed by atoms with Crippen LogP contribution in [0.15, 0.2) is 5.16 Å². The van der Waals surface area contributed by atoms with Crippen LogP contribution in [0.5, 0.6) is 0 Å². The lowest BCUT2D eigenvalue weighted by Crippen LogP contribution is -2.51. The maximum atomic E-state index is 12.3. The molecule has 1 aliphatic carbocycles. The highest BCUT2D eigenvalue weighted by Gasteiger charge is 2.34. The lowest BCUT2D eigenvalue weighted by atomic mass is 9.84. The highest BCUT2D eigenvalue weighted by Crippen LogP contribution is 2.27. The molecule has 1 saturated carbocycles. The zero-order valence-corrected chi connectivity index (χ0v) is 10.5. The summed E-state index contributed by atoms with van der Waals surface area (Å²) in [5.41, 5.74) is 5.38. The Morgan fingerprint density at radius 3 is 2.33 bits per heavy atom. The van der Waals surface area contributed by atoms with Crippen LogP contribution >= 0.6 is 0 Å². The Morgan fingerprint density at radius 2 is 1.89 bits per heavy atom. The van der Waals surface area contributed by atoms with Crippen LogP contribution in [0, 0.1) is 5.92 Å². The molecule has 9 heteroatoms. The van der Waals surface area contributed by atoms with Gasteiger partial charge < -0.3 is 10.9 Å². The average Bonchev–Trinajstić information content (AvgIpc) is 2.36. The number of hydrogen-bond donors (Lipinski definition) is 3. The fourth-order valence-corrected chi connectivity index (χ4v) is 2.93. The lowest BCUT2D eigenvalue weighted by molar-refractivity contribution is 0.229. The molecule has 1 aliphatic rings. The Bertz CT molecular complexity index is 394. The molecular formula is C9H17F2N3O3S. The van der Waals surface area contributed by atoms with Crippen LogP contribution in [0.4, 0.5) is 8.78 Å². The van der Waals surface area contributed by atoms with Crippen LogP contribution in [0.1, 0.15) is 32.1 Å². The summed E-state index contributed by atoms with van der Waals surface area (Å²) >= 11 is 0. The predicted molar refractivity (Wildman–Crippen MR) is 61.8 cm³/mol. The van der Waals surface area contributed by atoms with E-state index in [1.807, 2.05) is 4.72 Å². The molecule has 0 saturated heterocycles. The first-order valence-electron chi connectivity index (χ1n) is 5.65. The standard InChI is InChI=1S/C9H17F2N3O3S/c10-9(11)18(16,17)14-7(8(12)13-15)6-4-2-1-3-5-6/h6-7,9,14-15H,1-5H2,(H2,12,13). The van der Waals surface area contributed by atoms with Gasteiger partial charge in [0, 0.05) is 0 Å². The second-order valence-electron chi connectivity index (χ2n) is 4.32. The van der Waals surface area contributed by atoms with Crippen molar-refractivity contribution < 1.29 is 22.4 Å². The van der Waals surface area contributed by atoms with Gasteiger partial charge in [0.2, 0.25) is 0 Å². The number of hydrogen-bond acceptors (Lipinski definition) is 4. The molecule has 4 N–H and O–H groups in total. The zero-order valence-electron chi connectivity index (χ0n) is 9.72. The Hall–Kier alpha value is -0.960. The summed E-state index contributed by atoms with van der Waals surface area (Å²) in [6.45, 7) is 0. The second-order valence-corrected chi connectivity index (χ2v) is 6.01. The summed E-state index contributed by atoms with van der Waals surface area (Å²) in [5, 5.41) is 11.3. The summed E-state index contributed by atoms with van der Waals surface area (Å²) in [5.74, 6) is -4.13. The Labute approximate surface area is 104 Å². The first kappa shape index (κ1) is 15.1. The third-order valence-electron chi connectivity index (χ3n) is 3.08. The minimum absolute atomic E-state index is 0.219. The number of sulfonamides is 1. The number of halogens is 2. The molecule has 0 aromatic rings. The number of rotatable bonds is 5. The first-order chi connectivity index (χ1) is 8.38. The summed E-state index contributed by atoms with van der Waals surface area (Å²) in [6.07, 6.45) is 4.08. The molecular weight excluding hydrogens is 268 g/mol. The van der Waals surface area contributed by atoms with Crippen molar-refractivity contribution >= 4 is 15.9 Å². The number of nitrogens with one attached hydrogen (secondary N) is 1. The van der Waals surface area contributed by atoms with Crippen LogP contribution in [0.25, 0.3) is 0 Å². The topological polar surface area (TPSA) is 105 Å². The Balaban J connectivity index is 2.85. The van der Waals surface area contributed by atoms with E-state index in [0.29, 0.717) is 12.8 Å². The molecule has 0 radical (unpaired) electrons. The summed E-state index contributed by atoms with van der Waals surface area (Å²) < 4.78 is 48.7. The highest BCUT2D eigenvalue weighted by molar-refractivity contribution is 7.89. The summed E-state index contributed by atoms with van der Waals surface area (Å²) in [4.78, 5) is 0. The van der Waals surface area contributed by atoms with E-state index >= 15 is 0 Å². The third kappa shape index (κ3) is 3.77.